The molecule has 184 valence electrons. The van der Waals surface area contributed by atoms with Gasteiger partial charge in [0.2, 0.25) is 27.4 Å². The number of esters is 1. The second-order valence-corrected chi connectivity index (χ2v) is 12.1. The predicted octanol–water partition coefficient (Wildman–Crippen LogP) is -1.19. The molecule has 3 saturated heterocycles. The lowest BCUT2D eigenvalue weighted by molar-refractivity contribution is -0.142. The van der Waals surface area contributed by atoms with Gasteiger partial charge in [-0.25, -0.2) is 21.9 Å². The fraction of sp³-hybridized carbons (Fsp3) is 0.500. The van der Waals surface area contributed by atoms with E-state index < -0.39 is 106 Å². The first kappa shape index (κ1) is 24.2. The van der Waals surface area contributed by atoms with E-state index in [1.54, 1.807) is 0 Å². The second-order valence-electron chi connectivity index (χ2n) is 7.32. The minimum Gasteiger partial charge on any atom is -0.420 e. The molecule has 3 heterocycles. The van der Waals surface area contributed by atoms with Crippen LogP contribution in [0.25, 0.3) is 0 Å². The van der Waals surface area contributed by atoms with Crippen molar-refractivity contribution in [1.82, 2.24) is 4.72 Å². The molecule has 1 aromatic rings. The lowest BCUT2D eigenvalue weighted by atomic mass is 9.84. The van der Waals surface area contributed by atoms with E-state index in [0.29, 0.717) is 6.26 Å². The summed E-state index contributed by atoms with van der Waals surface area (Å²) in [5, 5.41) is -1.72. The molecule has 6 unspecified atom stereocenters. The van der Waals surface area contributed by atoms with Crippen LogP contribution in [-0.2, 0) is 44.0 Å². The first-order valence-electron chi connectivity index (χ1n) is 8.55. The van der Waals surface area contributed by atoms with Gasteiger partial charge in [-0.15, -0.1) is 0 Å². The fourth-order valence-electron chi connectivity index (χ4n) is 4.13. The van der Waals surface area contributed by atoms with Crippen molar-refractivity contribution in [1.29, 1.82) is 0 Å². The highest BCUT2D eigenvalue weighted by Gasteiger charge is 2.72. The molecule has 0 saturated carbocycles. The Hall–Kier alpha value is -1.90. The van der Waals surface area contributed by atoms with Crippen LogP contribution in [0.5, 0.6) is 5.75 Å². The summed E-state index contributed by atoms with van der Waals surface area (Å²) in [5.74, 6) is -16.1. The highest BCUT2D eigenvalue weighted by atomic mass is 32.2. The van der Waals surface area contributed by atoms with Crippen molar-refractivity contribution in [2.45, 2.75) is 34.5 Å². The normalized spacial score (nSPS) is 32.3. The summed E-state index contributed by atoms with van der Waals surface area (Å²) in [6.45, 7) is 0. The highest BCUT2D eigenvalue weighted by Crippen LogP contribution is 2.49. The number of sulfonamides is 1. The first-order chi connectivity index (χ1) is 15.0. The molecule has 2 N–H and O–H groups in total. The Kier molecular flexibility index (Phi) is 5.36. The van der Waals surface area contributed by atoms with Crippen LogP contribution in [0.1, 0.15) is 0 Å². The fourth-order valence-corrected chi connectivity index (χ4v) is 7.44. The Balaban J connectivity index is 1.74. The molecule has 0 spiro atoms. The van der Waals surface area contributed by atoms with Crippen molar-refractivity contribution < 1.29 is 65.8 Å². The molecule has 1 aromatic carbocycles. The Morgan fingerprint density at radius 2 is 1.58 bits per heavy atom. The van der Waals surface area contributed by atoms with Crippen molar-refractivity contribution in [2.24, 2.45) is 5.92 Å². The molecule has 6 atom stereocenters. The van der Waals surface area contributed by atoms with Gasteiger partial charge < -0.3 is 9.47 Å². The number of hydrogen-bond donors (Lipinski definition) is 2. The summed E-state index contributed by atoms with van der Waals surface area (Å²) in [5.41, 5.74) is 0. The molecule has 3 aliphatic heterocycles. The number of benzene rings is 1. The molecule has 0 aromatic heterocycles. The number of hydrogen-bond acceptors (Lipinski definition) is 10. The van der Waals surface area contributed by atoms with Gasteiger partial charge in [-0.2, -0.15) is 25.6 Å². The van der Waals surface area contributed by atoms with E-state index in [1.807, 2.05) is 0 Å². The quantitative estimate of drug-likeness (QED) is 0.114. The van der Waals surface area contributed by atoms with E-state index in [4.69, 9.17) is 13.5 Å². The molecule has 33 heavy (non-hydrogen) atoms. The van der Waals surface area contributed by atoms with Crippen LogP contribution in [0.2, 0.25) is 0 Å². The first-order valence-corrected chi connectivity index (χ1v) is 13.4. The van der Waals surface area contributed by atoms with Crippen molar-refractivity contribution >= 4 is 36.2 Å². The number of carbonyl (C=O) groups is 1. The molecule has 12 nitrogen and oxygen atoms in total. The van der Waals surface area contributed by atoms with Crippen LogP contribution in [0.15, 0.2) is 4.90 Å². The van der Waals surface area contributed by atoms with Gasteiger partial charge in [0, 0.05) is 0 Å². The molecular weight excluding hydrogens is 530 g/mol. The SMILES string of the molecule is CS(=O)(=O)OC1C2NS(=O)(=O)C3C2OC1C3C(=O)Oc1c(F)c(F)c(S(=O)(=O)O)c(F)c1F. The van der Waals surface area contributed by atoms with Gasteiger partial charge in [0.15, 0.2) is 16.5 Å². The van der Waals surface area contributed by atoms with Gasteiger partial charge in [0.1, 0.15) is 23.4 Å². The lowest BCUT2D eigenvalue weighted by Gasteiger charge is -2.27. The molecule has 0 amide bonds. The maximum Gasteiger partial charge on any atom is 0.318 e. The van der Waals surface area contributed by atoms with Crippen molar-refractivity contribution in [2.75, 3.05) is 6.26 Å². The standard InChI is InChI=1S/C14H11F4NO11S3/c1-31(21,22)30-10-7-11-12(32(23,24)19-7)2(8(10)28-11)14(20)29-9-3(15)5(17)13(33(25,26)27)6(18)4(9)16/h2,7-8,10-12,19H,1H3,(H,25,26,27). The summed E-state index contributed by atoms with van der Waals surface area (Å²) in [7, 11) is -14.4. The number of carbonyl (C=O) groups excluding carboxylic acids is 1. The van der Waals surface area contributed by atoms with Crippen molar-refractivity contribution in [3.05, 3.63) is 23.3 Å². The predicted molar refractivity (Wildman–Crippen MR) is 93.2 cm³/mol. The smallest absolute Gasteiger partial charge is 0.318 e. The summed E-state index contributed by atoms with van der Waals surface area (Å²) < 4.78 is 151. The van der Waals surface area contributed by atoms with Gasteiger partial charge in [0.05, 0.1) is 18.4 Å². The topological polar surface area (TPSA) is 179 Å². The minimum atomic E-state index is -5.78. The monoisotopic (exact) mass is 541 g/mol. The molecule has 3 fully saturated rings. The number of halogens is 4. The average molecular weight is 541 g/mol. The third kappa shape index (κ3) is 3.70. The summed E-state index contributed by atoms with van der Waals surface area (Å²) in [6.07, 6.45) is -3.90. The van der Waals surface area contributed by atoms with Crippen molar-refractivity contribution in [3.8, 4) is 5.75 Å². The Labute approximate surface area is 182 Å². The molecule has 3 aliphatic rings. The van der Waals surface area contributed by atoms with Gasteiger partial charge in [-0.3, -0.25) is 13.5 Å². The lowest BCUT2D eigenvalue weighted by Crippen LogP contribution is -2.51. The van der Waals surface area contributed by atoms with E-state index in [-0.39, 0.29) is 0 Å². The second kappa shape index (κ2) is 7.30. The number of nitrogens with one attached hydrogen (secondary N) is 1. The Bertz CT molecular complexity index is 1370. The van der Waals surface area contributed by atoms with Crippen LogP contribution < -0.4 is 9.46 Å². The zero-order valence-electron chi connectivity index (χ0n) is 15.7. The van der Waals surface area contributed by atoms with Gasteiger partial charge in [0.25, 0.3) is 10.1 Å². The van der Waals surface area contributed by atoms with E-state index in [0.717, 1.165) is 0 Å². The van der Waals surface area contributed by atoms with Gasteiger partial charge >= 0.3 is 16.1 Å². The largest absolute Gasteiger partial charge is 0.420 e. The molecule has 4 rings (SSSR count). The van der Waals surface area contributed by atoms with Crippen molar-refractivity contribution in [3.63, 3.8) is 0 Å². The third-order valence-electron chi connectivity index (χ3n) is 5.24. The molecule has 19 heteroatoms. The summed E-state index contributed by atoms with van der Waals surface area (Å²) in [4.78, 5) is 10.3. The molecule has 0 radical (unpaired) electrons. The van der Waals surface area contributed by atoms with E-state index in [2.05, 4.69) is 9.46 Å². The van der Waals surface area contributed by atoms with E-state index in [9.17, 15) is 47.6 Å². The molecular formula is C14H11F4NO11S3. The maximum atomic E-state index is 14.2. The van der Waals surface area contributed by atoms with Crippen LogP contribution in [-0.4, -0.2) is 71.6 Å². The number of fused-ring (bicyclic) bond motifs is 1. The van der Waals surface area contributed by atoms with Gasteiger partial charge in [-0.1, -0.05) is 0 Å². The summed E-state index contributed by atoms with van der Waals surface area (Å²) >= 11 is 0. The van der Waals surface area contributed by atoms with Gasteiger partial charge in [-0.05, 0) is 0 Å². The van der Waals surface area contributed by atoms with E-state index >= 15 is 0 Å². The van der Waals surface area contributed by atoms with Crippen LogP contribution in [0, 0.1) is 29.2 Å². The van der Waals surface area contributed by atoms with E-state index in [1.165, 1.54) is 0 Å². The summed E-state index contributed by atoms with van der Waals surface area (Å²) in [6, 6.07) is -1.22. The molecule has 0 aliphatic carbocycles. The zero-order chi connectivity index (χ0) is 24.8. The van der Waals surface area contributed by atoms with Crippen LogP contribution in [0.4, 0.5) is 17.6 Å². The number of rotatable bonds is 5. The maximum absolute atomic E-state index is 14.2. The van der Waals surface area contributed by atoms with Crippen LogP contribution in [0.3, 0.4) is 0 Å². The number of ether oxygens (including phenoxy) is 2. The Morgan fingerprint density at radius 1 is 1.03 bits per heavy atom. The molecule has 2 bridgehead atoms. The average Bonchev–Trinajstić information content (AvgIpc) is 3.24. The highest BCUT2D eigenvalue weighted by molar-refractivity contribution is 7.90. The third-order valence-corrected chi connectivity index (χ3v) is 8.56. The minimum absolute atomic E-state index is 0.625. The zero-order valence-corrected chi connectivity index (χ0v) is 18.2. The Morgan fingerprint density at radius 3 is 2.06 bits per heavy atom. The van der Waals surface area contributed by atoms with Crippen LogP contribution >= 0.6 is 0 Å².